The van der Waals surface area contributed by atoms with Crippen molar-refractivity contribution >= 4 is 40.4 Å². The Morgan fingerprint density at radius 2 is 2.05 bits per heavy atom. The molecule has 4 N–H and O–H groups in total. The zero-order valence-electron chi connectivity index (χ0n) is 12.7. The molecule has 0 spiro atoms. The Morgan fingerprint density at radius 3 is 2.64 bits per heavy atom. The summed E-state index contributed by atoms with van der Waals surface area (Å²) in [5.74, 6) is -0.588. The van der Waals surface area contributed by atoms with Crippen LogP contribution in [0.2, 0.25) is 0 Å². The molecule has 0 aromatic heterocycles. The number of nitrogens with one attached hydrogen (secondary N) is 2. The van der Waals surface area contributed by atoms with Gasteiger partial charge in [0.2, 0.25) is 0 Å². The molecular formula is C14H19N5O2S. The maximum Gasteiger partial charge on any atom is 0.360 e. The topological polar surface area (TPSA) is 101 Å². The number of hydrogen-bond acceptors (Lipinski definition) is 6. The summed E-state index contributed by atoms with van der Waals surface area (Å²) in [5.41, 5.74) is 12.7. The van der Waals surface area contributed by atoms with Crippen LogP contribution in [0.1, 0.15) is 19.4 Å². The first kappa shape index (κ1) is 17.6. The van der Waals surface area contributed by atoms with Gasteiger partial charge < -0.3 is 10.5 Å². The molecule has 7 nitrogen and oxygen atoms in total. The van der Waals surface area contributed by atoms with Crippen LogP contribution >= 0.6 is 12.2 Å². The average Bonchev–Trinajstić information content (AvgIpc) is 2.47. The minimum Gasteiger partial charge on any atom is -0.461 e. The van der Waals surface area contributed by atoms with Crippen molar-refractivity contribution in [2.45, 2.75) is 20.8 Å². The van der Waals surface area contributed by atoms with Crippen LogP contribution in [-0.4, -0.2) is 29.1 Å². The molecule has 0 fully saturated rings. The molecule has 0 aliphatic rings. The predicted molar refractivity (Wildman–Crippen MR) is 91.9 cm³/mol. The predicted octanol–water partition coefficient (Wildman–Crippen LogP) is 1.54. The lowest BCUT2D eigenvalue weighted by Crippen LogP contribution is -2.30. The summed E-state index contributed by atoms with van der Waals surface area (Å²) in [4.78, 5) is 12.0. The number of rotatable bonds is 6. The molecule has 0 amide bonds. The third-order valence-electron chi connectivity index (χ3n) is 2.58. The molecular weight excluding hydrogens is 302 g/mol. The van der Waals surface area contributed by atoms with E-state index in [1.54, 1.807) is 13.8 Å². The van der Waals surface area contributed by atoms with E-state index in [-0.39, 0.29) is 17.4 Å². The number of aryl methyl sites for hydroxylation is 1. The highest BCUT2D eigenvalue weighted by molar-refractivity contribution is 7.80. The molecule has 1 aromatic rings. The Kier molecular flexibility index (Phi) is 6.97. The molecule has 0 bridgehead atoms. The van der Waals surface area contributed by atoms with Crippen molar-refractivity contribution in [3.8, 4) is 0 Å². The second-order valence-corrected chi connectivity index (χ2v) is 4.72. The van der Waals surface area contributed by atoms with Crippen LogP contribution in [0, 0.1) is 6.92 Å². The van der Waals surface area contributed by atoms with Crippen LogP contribution in [0.3, 0.4) is 0 Å². The Morgan fingerprint density at radius 1 is 1.36 bits per heavy atom. The first-order valence-electron chi connectivity index (χ1n) is 6.62. The molecule has 22 heavy (non-hydrogen) atoms. The Balaban J connectivity index is 3.01. The summed E-state index contributed by atoms with van der Waals surface area (Å²) in [6.45, 7) is 5.47. The van der Waals surface area contributed by atoms with Crippen LogP contribution in [0.25, 0.3) is 0 Å². The molecule has 0 aliphatic carbocycles. The molecule has 0 atom stereocenters. The quantitative estimate of drug-likeness (QED) is 0.318. The van der Waals surface area contributed by atoms with Crippen molar-refractivity contribution in [1.82, 2.24) is 5.43 Å². The van der Waals surface area contributed by atoms with E-state index in [0.717, 1.165) is 11.3 Å². The number of thiocarbonyl (C=S) groups is 1. The molecule has 1 aromatic carbocycles. The average molecular weight is 321 g/mol. The molecule has 0 unspecified atom stereocenters. The highest BCUT2D eigenvalue weighted by Crippen LogP contribution is 2.13. The number of nitrogens with zero attached hydrogens (tertiary/aromatic N) is 2. The van der Waals surface area contributed by atoms with Gasteiger partial charge in [-0.25, -0.2) is 4.79 Å². The van der Waals surface area contributed by atoms with Crippen LogP contribution < -0.4 is 16.6 Å². The van der Waals surface area contributed by atoms with Gasteiger partial charge in [0.15, 0.2) is 10.8 Å². The number of esters is 1. The van der Waals surface area contributed by atoms with Crippen LogP contribution in [0.15, 0.2) is 34.5 Å². The van der Waals surface area contributed by atoms with Crippen LogP contribution in [-0.2, 0) is 9.53 Å². The van der Waals surface area contributed by atoms with Gasteiger partial charge in [-0.1, -0.05) is 18.2 Å². The van der Waals surface area contributed by atoms with E-state index in [0.29, 0.717) is 5.71 Å². The normalized spacial score (nSPS) is 11.8. The molecule has 0 saturated carbocycles. The van der Waals surface area contributed by atoms with Crippen molar-refractivity contribution in [3.63, 3.8) is 0 Å². The largest absolute Gasteiger partial charge is 0.461 e. The Labute approximate surface area is 134 Å². The van der Waals surface area contributed by atoms with Gasteiger partial charge in [0, 0.05) is 0 Å². The van der Waals surface area contributed by atoms with Crippen LogP contribution in [0.4, 0.5) is 5.69 Å². The monoisotopic (exact) mass is 321 g/mol. The van der Waals surface area contributed by atoms with E-state index in [4.69, 9.17) is 10.5 Å². The van der Waals surface area contributed by atoms with Gasteiger partial charge in [-0.3, -0.25) is 10.9 Å². The number of nitrogens with two attached hydrogens (primary N) is 1. The van der Waals surface area contributed by atoms with Crippen LogP contribution in [0.5, 0.6) is 0 Å². The third-order valence-corrected chi connectivity index (χ3v) is 2.67. The molecule has 0 heterocycles. The smallest absolute Gasteiger partial charge is 0.360 e. The summed E-state index contributed by atoms with van der Waals surface area (Å²) in [6.07, 6.45) is 0. The Hall–Kier alpha value is -2.48. The van der Waals surface area contributed by atoms with Crippen molar-refractivity contribution in [2.24, 2.45) is 15.9 Å². The fourth-order valence-corrected chi connectivity index (χ4v) is 1.53. The van der Waals surface area contributed by atoms with Gasteiger partial charge in [-0.05, 0) is 44.6 Å². The number of ether oxygens (including phenoxy) is 1. The first-order chi connectivity index (χ1) is 10.5. The zero-order chi connectivity index (χ0) is 16.5. The van der Waals surface area contributed by atoms with Gasteiger partial charge >= 0.3 is 5.97 Å². The van der Waals surface area contributed by atoms with Crippen molar-refractivity contribution in [2.75, 3.05) is 12.0 Å². The van der Waals surface area contributed by atoms with E-state index in [1.165, 1.54) is 0 Å². The number of hydrazone groups is 2. The number of hydrogen-bond donors (Lipinski definition) is 3. The van der Waals surface area contributed by atoms with Crippen molar-refractivity contribution in [3.05, 3.63) is 29.8 Å². The number of anilines is 1. The third kappa shape index (κ3) is 5.49. The number of benzene rings is 1. The van der Waals surface area contributed by atoms with Gasteiger partial charge in [0.25, 0.3) is 0 Å². The minimum atomic E-state index is -0.588. The maximum atomic E-state index is 12.0. The standard InChI is InChI=1S/C14H19N5O2S/c1-4-21-13(20)12(10(3)16-19-14(15)22)18-17-11-8-6-5-7-9(11)2/h5-8,17H,4H2,1-3H3,(H3,15,19,22)/b16-10-,18-12+. The van der Waals surface area contributed by atoms with Crippen molar-refractivity contribution in [1.29, 1.82) is 0 Å². The maximum absolute atomic E-state index is 12.0. The molecule has 118 valence electrons. The zero-order valence-corrected chi connectivity index (χ0v) is 13.5. The van der Waals surface area contributed by atoms with E-state index in [2.05, 4.69) is 33.3 Å². The Bertz CT molecular complexity index is 613. The van der Waals surface area contributed by atoms with Gasteiger partial charge in [0.1, 0.15) is 0 Å². The highest BCUT2D eigenvalue weighted by atomic mass is 32.1. The van der Waals surface area contributed by atoms with Gasteiger partial charge in [-0.2, -0.15) is 10.2 Å². The minimum absolute atomic E-state index is 0.00516. The molecule has 1 rings (SSSR count). The van der Waals surface area contributed by atoms with E-state index >= 15 is 0 Å². The number of para-hydroxylation sites is 1. The summed E-state index contributed by atoms with van der Waals surface area (Å²) in [5, 5.41) is 7.97. The summed E-state index contributed by atoms with van der Waals surface area (Å²) < 4.78 is 4.97. The lowest BCUT2D eigenvalue weighted by atomic mass is 10.2. The number of carbonyl (C=O) groups is 1. The fraction of sp³-hybridized carbons (Fsp3) is 0.286. The number of carbonyl (C=O) groups excluding carboxylic acids is 1. The van der Waals surface area contributed by atoms with Gasteiger partial charge in [-0.15, -0.1) is 0 Å². The fourth-order valence-electron chi connectivity index (χ4n) is 1.48. The summed E-state index contributed by atoms with van der Waals surface area (Å²) in [7, 11) is 0. The molecule has 8 heteroatoms. The van der Waals surface area contributed by atoms with E-state index < -0.39 is 5.97 Å². The van der Waals surface area contributed by atoms with Crippen molar-refractivity contribution < 1.29 is 9.53 Å². The molecule has 0 aliphatic heterocycles. The van der Waals surface area contributed by atoms with Gasteiger partial charge in [0.05, 0.1) is 18.0 Å². The second-order valence-electron chi connectivity index (χ2n) is 4.28. The summed E-state index contributed by atoms with van der Waals surface area (Å²) >= 11 is 4.66. The summed E-state index contributed by atoms with van der Waals surface area (Å²) in [6, 6.07) is 7.55. The van der Waals surface area contributed by atoms with E-state index in [1.807, 2.05) is 31.2 Å². The van der Waals surface area contributed by atoms with E-state index in [9.17, 15) is 4.79 Å². The molecule has 0 saturated heterocycles. The SMILES string of the molecule is CCOC(=O)C(=N/Nc1ccccc1C)/C(C)=N\NC(N)=S. The highest BCUT2D eigenvalue weighted by Gasteiger charge is 2.17. The lowest BCUT2D eigenvalue weighted by molar-refractivity contribution is -0.134. The first-order valence-corrected chi connectivity index (χ1v) is 7.03. The second kappa shape index (κ2) is 8.73. The lowest BCUT2D eigenvalue weighted by Gasteiger charge is -2.08. The molecule has 0 radical (unpaired) electrons.